The highest BCUT2D eigenvalue weighted by atomic mass is 16.5. The van der Waals surface area contributed by atoms with Gasteiger partial charge in [-0.3, -0.25) is 4.79 Å². The number of para-hydroxylation sites is 1. The molecule has 0 saturated heterocycles. The van der Waals surface area contributed by atoms with Crippen LogP contribution in [0.3, 0.4) is 0 Å². The average molecular weight is 261 g/mol. The van der Waals surface area contributed by atoms with Gasteiger partial charge < -0.3 is 15.3 Å². The van der Waals surface area contributed by atoms with Crippen LogP contribution in [0, 0.1) is 11.3 Å². The van der Waals surface area contributed by atoms with Gasteiger partial charge in [0.15, 0.2) is 6.61 Å². The second kappa shape index (κ2) is 7.71. The fourth-order valence-corrected chi connectivity index (χ4v) is 1.48. The highest BCUT2D eigenvalue weighted by Gasteiger charge is 2.10. The Bertz CT molecular complexity index is 506. The maximum absolute atomic E-state index is 11.3. The Morgan fingerprint density at radius 2 is 2.26 bits per heavy atom. The van der Waals surface area contributed by atoms with Crippen LogP contribution in [-0.4, -0.2) is 30.0 Å². The summed E-state index contributed by atoms with van der Waals surface area (Å²) in [4.78, 5) is 11.3. The molecule has 0 unspecified atom stereocenters. The Labute approximate surface area is 111 Å². The van der Waals surface area contributed by atoms with E-state index in [9.17, 15) is 4.79 Å². The first-order chi connectivity index (χ1) is 9.22. The average Bonchev–Trinajstić information content (AvgIpc) is 2.45. The van der Waals surface area contributed by atoms with Crippen LogP contribution in [0.25, 0.3) is 0 Å². The fraction of sp³-hybridized carbons (Fsp3) is 0.308. The first kappa shape index (κ1) is 14.5. The summed E-state index contributed by atoms with van der Waals surface area (Å²) in [7, 11) is 0. The summed E-state index contributed by atoms with van der Waals surface area (Å²) >= 11 is 0. The van der Waals surface area contributed by atoms with Crippen LogP contribution in [0.4, 0.5) is 0 Å². The van der Waals surface area contributed by atoms with E-state index >= 15 is 0 Å². The van der Waals surface area contributed by atoms with Crippen molar-refractivity contribution in [3.63, 3.8) is 0 Å². The number of amides is 1. The first-order valence-corrected chi connectivity index (χ1v) is 5.79. The molecule has 0 aromatic heterocycles. The zero-order chi connectivity index (χ0) is 14.1. The van der Waals surface area contributed by atoms with Crippen molar-refractivity contribution in [2.45, 2.75) is 13.3 Å². The molecule has 1 rings (SSSR count). The van der Waals surface area contributed by atoms with E-state index < -0.39 is 0 Å². The Hall–Kier alpha value is -2.55. The molecule has 0 aliphatic rings. The normalized spacial score (nSPS) is 10.6. The molecular weight excluding hydrogens is 246 g/mol. The second-order valence-corrected chi connectivity index (χ2v) is 3.62. The van der Waals surface area contributed by atoms with Gasteiger partial charge in [0, 0.05) is 5.56 Å². The van der Waals surface area contributed by atoms with E-state index in [0.717, 1.165) is 0 Å². The summed E-state index contributed by atoms with van der Waals surface area (Å²) in [6.45, 7) is 1.61. The van der Waals surface area contributed by atoms with E-state index in [2.05, 4.69) is 10.5 Å². The minimum atomic E-state index is -0.379. The topological polar surface area (TPSA) is 94.7 Å². The monoisotopic (exact) mass is 261 g/mol. The molecule has 0 radical (unpaired) electrons. The third kappa shape index (κ3) is 4.32. The van der Waals surface area contributed by atoms with Crippen LogP contribution >= 0.6 is 0 Å². The van der Waals surface area contributed by atoms with Crippen molar-refractivity contribution >= 4 is 11.6 Å². The number of carbonyl (C=O) groups is 1. The van der Waals surface area contributed by atoms with Gasteiger partial charge in [-0.05, 0) is 18.6 Å². The number of nitrogens with zero attached hydrogens (tertiary/aromatic N) is 2. The lowest BCUT2D eigenvalue weighted by atomic mass is 10.1. The molecule has 1 aromatic carbocycles. The van der Waals surface area contributed by atoms with Crippen molar-refractivity contribution in [1.29, 1.82) is 5.26 Å². The Morgan fingerprint density at radius 3 is 2.89 bits per heavy atom. The SMILES string of the molecule is CC/C(=N\O)c1ccccc1OCC(=O)NCC#N. The van der Waals surface area contributed by atoms with Crippen LogP contribution in [0.15, 0.2) is 29.4 Å². The van der Waals surface area contributed by atoms with Gasteiger partial charge in [-0.2, -0.15) is 5.26 Å². The molecule has 0 saturated carbocycles. The molecule has 0 aliphatic heterocycles. The zero-order valence-corrected chi connectivity index (χ0v) is 10.6. The van der Waals surface area contributed by atoms with Crippen molar-refractivity contribution < 1.29 is 14.7 Å². The van der Waals surface area contributed by atoms with E-state index in [1.54, 1.807) is 30.3 Å². The third-order valence-corrected chi connectivity index (χ3v) is 2.38. The Balaban J connectivity index is 2.74. The maximum Gasteiger partial charge on any atom is 0.258 e. The largest absolute Gasteiger partial charge is 0.483 e. The number of carbonyl (C=O) groups excluding carboxylic acids is 1. The summed E-state index contributed by atoms with van der Waals surface area (Å²) in [5, 5.41) is 22.8. The molecule has 1 aromatic rings. The van der Waals surface area contributed by atoms with Crippen LogP contribution in [0.2, 0.25) is 0 Å². The standard InChI is InChI=1S/C13H15N3O3/c1-2-11(16-18)10-5-3-4-6-12(10)19-9-13(17)15-8-7-14/h3-6,18H,2,8-9H2,1H3,(H,15,17)/b16-11+. The molecule has 0 bridgehead atoms. The van der Waals surface area contributed by atoms with Crippen molar-refractivity contribution in [2.75, 3.05) is 13.2 Å². The lowest BCUT2D eigenvalue weighted by Crippen LogP contribution is -2.29. The predicted octanol–water partition coefficient (Wildman–Crippen LogP) is 1.29. The quantitative estimate of drug-likeness (QED) is 0.349. The highest BCUT2D eigenvalue weighted by molar-refractivity contribution is 6.02. The molecule has 0 spiro atoms. The lowest BCUT2D eigenvalue weighted by molar-refractivity contribution is -0.122. The van der Waals surface area contributed by atoms with Gasteiger partial charge in [0.25, 0.3) is 5.91 Å². The molecule has 100 valence electrons. The summed E-state index contributed by atoms with van der Waals surface area (Å²) < 4.78 is 5.37. The van der Waals surface area contributed by atoms with Gasteiger partial charge in [0.2, 0.25) is 0 Å². The molecule has 2 N–H and O–H groups in total. The molecule has 6 nitrogen and oxygen atoms in total. The van der Waals surface area contributed by atoms with Crippen LogP contribution in [0.5, 0.6) is 5.75 Å². The molecule has 0 fully saturated rings. The first-order valence-electron chi connectivity index (χ1n) is 5.79. The summed E-state index contributed by atoms with van der Waals surface area (Å²) in [5.41, 5.74) is 1.12. The van der Waals surface area contributed by atoms with Gasteiger partial charge in [-0.25, -0.2) is 0 Å². The predicted molar refractivity (Wildman–Crippen MR) is 69.2 cm³/mol. The van der Waals surface area contributed by atoms with Crippen molar-refractivity contribution in [3.05, 3.63) is 29.8 Å². The number of rotatable bonds is 6. The van der Waals surface area contributed by atoms with E-state index in [-0.39, 0.29) is 19.1 Å². The lowest BCUT2D eigenvalue weighted by Gasteiger charge is -2.11. The molecule has 0 aliphatic carbocycles. The fourth-order valence-electron chi connectivity index (χ4n) is 1.48. The number of benzene rings is 1. The summed E-state index contributed by atoms with van der Waals surface area (Å²) in [5.74, 6) is 0.0830. The van der Waals surface area contributed by atoms with E-state index in [1.807, 2.05) is 6.92 Å². The molecule has 0 atom stereocenters. The molecule has 1 amide bonds. The molecule has 19 heavy (non-hydrogen) atoms. The van der Waals surface area contributed by atoms with E-state index in [1.165, 1.54) is 0 Å². The molecule has 0 heterocycles. The summed E-state index contributed by atoms with van der Waals surface area (Å²) in [6.07, 6.45) is 0.539. The maximum atomic E-state index is 11.3. The van der Waals surface area contributed by atoms with Gasteiger partial charge >= 0.3 is 0 Å². The minimum absolute atomic E-state index is 0.0534. The highest BCUT2D eigenvalue weighted by Crippen LogP contribution is 2.20. The smallest absolute Gasteiger partial charge is 0.258 e. The van der Waals surface area contributed by atoms with Gasteiger partial charge in [-0.1, -0.05) is 24.2 Å². The van der Waals surface area contributed by atoms with Crippen LogP contribution in [0.1, 0.15) is 18.9 Å². The number of nitrogens with one attached hydrogen (secondary N) is 1. The second-order valence-electron chi connectivity index (χ2n) is 3.62. The van der Waals surface area contributed by atoms with Gasteiger partial charge in [0.1, 0.15) is 12.3 Å². The number of hydrogen-bond acceptors (Lipinski definition) is 5. The molecule has 6 heteroatoms. The van der Waals surface area contributed by atoms with Crippen LogP contribution < -0.4 is 10.1 Å². The third-order valence-electron chi connectivity index (χ3n) is 2.38. The van der Waals surface area contributed by atoms with Crippen LogP contribution in [-0.2, 0) is 4.79 Å². The van der Waals surface area contributed by atoms with Crippen molar-refractivity contribution in [2.24, 2.45) is 5.16 Å². The van der Waals surface area contributed by atoms with Gasteiger partial charge in [-0.15, -0.1) is 0 Å². The number of oxime groups is 1. The zero-order valence-electron chi connectivity index (χ0n) is 10.6. The van der Waals surface area contributed by atoms with Crippen molar-refractivity contribution in [3.8, 4) is 11.8 Å². The van der Waals surface area contributed by atoms with Gasteiger partial charge in [0.05, 0.1) is 11.8 Å². The number of hydrogen-bond donors (Lipinski definition) is 2. The number of ether oxygens (including phenoxy) is 1. The molecular formula is C13H15N3O3. The Kier molecular flexibility index (Phi) is 5.89. The van der Waals surface area contributed by atoms with Crippen molar-refractivity contribution in [1.82, 2.24) is 5.32 Å². The minimum Gasteiger partial charge on any atom is -0.483 e. The Morgan fingerprint density at radius 1 is 1.53 bits per heavy atom. The van der Waals surface area contributed by atoms with E-state index in [0.29, 0.717) is 23.4 Å². The number of nitriles is 1. The van der Waals surface area contributed by atoms with E-state index in [4.69, 9.17) is 15.2 Å². The summed E-state index contributed by atoms with van der Waals surface area (Å²) in [6, 6.07) is 8.80.